The summed E-state index contributed by atoms with van der Waals surface area (Å²) in [5.41, 5.74) is 0.557. The minimum atomic E-state index is -0.389. The molecule has 0 saturated heterocycles. The minimum absolute atomic E-state index is 0.0633. The van der Waals surface area contributed by atoms with Gasteiger partial charge in [0.1, 0.15) is 18.6 Å². The van der Waals surface area contributed by atoms with Crippen LogP contribution < -0.4 is 5.32 Å². The third-order valence-electron chi connectivity index (χ3n) is 2.37. The van der Waals surface area contributed by atoms with Gasteiger partial charge in [0.25, 0.3) is 0 Å². The summed E-state index contributed by atoms with van der Waals surface area (Å²) in [4.78, 5) is 27.2. The van der Waals surface area contributed by atoms with Gasteiger partial charge in [-0.2, -0.15) is 0 Å². The van der Waals surface area contributed by atoms with Crippen LogP contribution in [-0.2, 0) is 20.9 Å². The van der Waals surface area contributed by atoms with Gasteiger partial charge in [-0.25, -0.2) is 4.98 Å². The largest absolute Gasteiger partial charge is 0.459 e. The second-order valence-corrected chi connectivity index (χ2v) is 4.96. The Balaban J connectivity index is 1.77. The maximum absolute atomic E-state index is 11.4. The number of hydrogen-bond donors (Lipinski definition) is 1. The normalized spacial score (nSPS) is 10.2. The van der Waals surface area contributed by atoms with E-state index in [1.54, 1.807) is 0 Å². The summed E-state index contributed by atoms with van der Waals surface area (Å²) in [5.74, 6) is -0.0430. The van der Waals surface area contributed by atoms with Crippen LogP contribution in [-0.4, -0.2) is 23.4 Å². The van der Waals surface area contributed by atoms with E-state index in [0.717, 1.165) is 4.88 Å². The first-order valence-corrected chi connectivity index (χ1v) is 6.91. The van der Waals surface area contributed by atoms with Gasteiger partial charge in [0.15, 0.2) is 0 Å². The fourth-order valence-electron chi connectivity index (χ4n) is 1.45. The molecule has 0 aliphatic rings. The number of oxazole rings is 1. The van der Waals surface area contributed by atoms with E-state index in [4.69, 9.17) is 9.15 Å². The van der Waals surface area contributed by atoms with Crippen LogP contribution in [0.15, 0.2) is 28.2 Å². The summed E-state index contributed by atoms with van der Waals surface area (Å²) >= 11 is 1.52. The van der Waals surface area contributed by atoms with E-state index in [2.05, 4.69) is 10.3 Å². The third-order valence-corrected chi connectivity index (χ3v) is 3.23. The molecule has 6 nitrogen and oxygen atoms in total. The molecule has 0 aromatic carbocycles. The van der Waals surface area contributed by atoms with Crippen LogP contribution in [0.25, 0.3) is 10.8 Å². The van der Waals surface area contributed by atoms with Crippen molar-refractivity contribution in [2.24, 2.45) is 0 Å². The first-order chi connectivity index (χ1) is 9.65. The Morgan fingerprint density at radius 1 is 1.50 bits per heavy atom. The molecule has 0 bridgehead atoms. The third kappa shape index (κ3) is 4.20. The number of amides is 1. The predicted molar refractivity (Wildman–Crippen MR) is 72.9 cm³/mol. The lowest BCUT2D eigenvalue weighted by Crippen LogP contribution is -2.23. The summed E-state index contributed by atoms with van der Waals surface area (Å²) in [5, 5.41) is 4.46. The van der Waals surface area contributed by atoms with Crippen LogP contribution in [0, 0.1) is 0 Å². The van der Waals surface area contributed by atoms with E-state index < -0.39 is 0 Å². The molecule has 20 heavy (non-hydrogen) atoms. The molecule has 0 fully saturated rings. The quantitative estimate of drug-likeness (QED) is 0.824. The summed E-state index contributed by atoms with van der Waals surface area (Å²) in [6.45, 7) is 1.73. The molecule has 2 aromatic heterocycles. The van der Waals surface area contributed by atoms with Crippen LogP contribution in [0.3, 0.4) is 0 Å². The molecule has 0 aliphatic carbocycles. The van der Waals surface area contributed by atoms with Gasteiger partial charge in [-0.3, -0.25) is 9.59 Å². The van der Waals surface area contributed by atoms with Crippen molar-refractivity contribution in [1.29, 1.82) is 0 Å². The van der Waals surface area contributed by atoms with Crippen molar-refractivity contribution in [3.63, 3.8) is 0 Å². The molecule has 7 heteroatoms. The van der Waals surface area contributed by atoms with Crippen LogP contribution in [0.1, 0.15) is 19.0 Å². The Morgan fingerprint density at radius 2 is 2.35 bits per heavy atom. The Kier molecular flexibility index (Phi) is 4.89. The maximum atomic E-state index is 11.4. The van der Waals surface area contributed by atoms with Crippen molar-refractivity contribution >= 4 is 23.2 Å². The van der Waals surface area contributed by atoms with Gasteiger partial charge >= 0.3 is 5.97 Å². The molecule has 0 aliphatic heterocycles. The monoisotopic (exact) mass is 294 g/mol. The highest BCUT2D eigenvalue weighted by atomic mass is 32.1. The lowest BCUT2D eigenvalue weighted by molar-refractivity contribution is -0.144. The molecule has 2 heterocycles. The highest BCUT2D eigenvalue weighted by molar-refractivity contribution is 7.13. The molecular weight excluding hydrogens is 280 g/mol. The highest BCUT2D eigenvalue weighted by Crippen LogP contribution is 2.23. The van der Waals surface area contributed by atoms with E-state index in [9.17, 15) is 9.59 Å². The van der Waals surface area contributed by atoms with Gasteiger partial charge in [0.2, 0.25) is 11.8 Å². The fourth-order valence-corrected chi connectivity index (χ4v) is 2.11. The van der Waals surface area contributed by atoms with Crippen molar-refractivity contribution in [2.45, 2.75) is 20.0 Å². The van der Waals surface area contributed by atoms with Crippen molar-refractivity contribution in [3.05, 3.63) is 29.5 Å². The lowest BCUT2D eigenvalue weighted by atomic mass is 10.4. The molecule has 2 rings (SSSR count). The number of hydrogen-bond acceptors (Lipinski definition) is 6. The molecule has 0 saturated carbocycles. The average molecular weight is 294 g/mol. The van der Waals surface area contributed by atoms with Gasteiger partial charge in [-0.1, -0.05) is 6.07 Å². The Morgan fingerprint density at radius 3 is 3.05 bits per heavy atom. The van der Waals surface area contributed by atoms with Crippen LogP contribution in [0.4, 0.5) is 0 Å². The Hall–Kier alpha value is -2.15. The number of nitrogens with one attached hydrogen (secondary N) is 1. The zero-order valence-electron chi connectivity index (χ0n) is 10.9. The number of ether oxygens (including phenoxy) is 1. The van der Waals surface area contributed by atoms with Gasteiger partial charge in [0, 0.05) is 13.5 Å². The molecule has 1 amide bonds. The minimum Gasteiger partial charge on any atom is -0.459 e. The van der Waals surface area contributed by atoms with Crippen molar-refractivity contribution < 1.29 is 18.7 Å². The molecule has 0 unspecified atom stereocenters. The van der Waals surface area contributed by atoms with Gasteiger partial charge in [-0.05, 0) is 11.4 Å². The first-order valence-electron chi connectivity index (χ1n) is 6.03. The number of nitrogens with zero attached hydrogens (tertiary/aromatic N) is 1. The number of carbonyl (C=O) groups is 2. The lowest BCUT2D eigenvalue weighted by Gasteiger charge is -2.02. The van der Waals surface area contributed by atoms with E-state index in [1.165, 1.54) is 24.5 Å². The SMILES string of the molecule is CC(=O)NCCC(=O)OCc1coc(-c2cccs2)n1. The molecule has 2 aromatic rings. The van der Waals surface area contributed by atoms with Gasteiger partial charge in [0.05, 0.1) is 11.3 Å². The van der Waals surface area contributed by atoms with Crippen molar-refractivity contribution in [2.75, 3.05) is 6.54 Å². The molecule has 0 spiro atoms. The van der Waals surface area contributed by atoms with E-state index in [-0.39, 0.29) is 31.4 Å². The summed E-state index contributed by atoms with van der Waals surface area (Å²) in [6.07, 6.45) is 1.60. The zero-order valence-corrected chi connectivity index (χ0v) is 11.7. The van der Waals surface area contributed by atoms with Crippen LogP contribution in [0.2, 0.25) is 0 Å². The van der Waals surface area contributed by atoms with Crippen LogP contribution in [0.5, 0.6) is 0 Å². The average Bonchev–Trinajstić information content (AvgIpc) is 3.06. The summed E-state index contributed by atoms with van der Waals surface area (Å²) < 4.78 is 10.3. The Labute approximate surface area is 119 Å². The van der Waals surface area contributed by atoms with Gasteiger partial charge < -0.3 is 14.5 Å². The first kappa shape index (κ1) is 14.3. The number of carbonyl (C=O) groups excluding carboxylic acids is 2. The summed E-state index contributed by atoms with van der Waals surface area (Å²) in [6, 6.07) is 3.81. The topological polar surface area (TPSA) is 81.4 Å². The smallest absolute Gasteiger partial charge is 0.307 e. The summed E-state index contributed by atoms with van der Waals surface area (Å²) in [7, 11) is 0. The molecular formula is C13H14N2O4S. The molecule has 0 radical (unpaired) electrons. The number of aromatic nitrogens is 1. The fraction of sp³-hybridized carbons (Fsp3) is 0.308. The predicted octanol–water partition coefficient (Wildman–Crippen LogP) is 1.97. The Bertz CT molecular complexity index is 577. The van der Waals surface area contributed by atoms with Crippen molar-refractivity contribution in [1.82, 2.24) is 10.3 Å². The van der Waals surface area contributed by atoms with Gasteiger partial charge in [-0.15, -0.1) is 11.3 Å². The van der Waals surface area contributed by atoms with Crippen molar-refractivity contribution in [3.8, 4) is 10.8 Å². The zero-order chi connectivity index (χ0) is 14.4. The van der Waals surface area contributed by atoms with Crippen LogP contribution >= 0.6 is 11.3 Å². The molecule has 106 valence electrons. The maximum Gasteiger partial charge on any atom is 0.307 e. The second kappa shape index (κ2) is 6.85. The van der Waals surface area contributed by atoms with E-state index >= 15 is 0 Å². The highest BCUT2D eigenvalue weighted by Gasteiger charge is 2.09. The number of esters is 1. The second-order valence-electron chi connectivity index (χ2n) is 4.01. The van der Waals surface area contributed by atoms with E-state index in [1.807, 2.05) is 17.5 Å². The number of rotatable bonds is 6. The van der Waals surface area contributed by atoms with E-state index in [0.29, 0.717) is 11.6 Å². The molecule has 0 atom stereocenters. The number of thiophene rings is 1. The standard InChI is InChI=1S/C13H14N2O4S/c1-9(16)14-5-4-12(17)18-7-10-8-19-13(15-10)11-3-2-6-20-11/h2-3,6,8H,4-5,7H2,1H3,(H,14,16). The molecule has 1 N–H and O–H groups in total.